The summed E-state index contributed by atoms with van der Waals surface area (Å²) in [7, 11) is 0. The van der Waals surface area contributed by atoms with Crippen LogP contribution < -0.4 is 5.32 Å². The van der Waals surface area contributed by atoms with E-state index in [1.807, 2.05) is 12.1 Å². The zero-order valence-corrected chi connectivity index (χ0v) is 14.1. The van der Waals surface area contributed by atoms with Crippen LogP contribution in [0.2, 0.25) is 10.0 Å². The van der Waals surface area contributed by atoms with Crippen LogP contribution >= 0.6 is 23.2 Å². The number of hydrogen-bond acceptors (Lipinski definition) is 2. The van der Waals surface area contributed by atoms with E-state index in [0.717, 1.165) is 32.5 Å². The molecule has 2 nitrogen and oxygen atoms in total. The van der Waals surface area contributed by atoms with Crippen LogP contribution in [0.4, 0.5) is 0 Å². The molecular formula is C16H24Cl2N2. The summed E-state index contributed by atoms with van der Waals surface area (Å²) in [5, 5.41) is 4.96. The van der Waals surface area contributed by atoms with Crippen molar-refractivity contribution in [1.29, 1.82) is 0 Å². The molecule has 0 aromatic heterocycles. The Kier molecular flexibility index (Phi) is 5.36. The molecule has 1 saturated heterocycles. The lowest BCUT2D eigenvalue weighted by molar-refractivity contribution is 0.0755. The van der Waals surface area contributed by atoms with Crippen LogP contribution in [-0.4, -0.2) is 29.6 Å². The van der Waals surface area contributed by atoms with Gasteiger partial charge in [0.1, 0.15) is 0 Å². The largest absolute Gasteiger partial charge is 0.309 e. The first-order valence-electron chi connectivity index (χ1n) is 7.40. The average molecular weight is 315 g/mol. The second-order valence-electron chi connectivity index (χ2n) is 6.01. The van der Waals surface area contributed by atoms with Gasteiger partial charge in [0.05, 0.1) is 10.0 Å². The van der Waals surface area contributed by atoms with Crippen molar-refractivity contribution in [2.24, 2.45) is 0 Å². The van der Waals surface area contributed by atoms with E-state index in [-0.39, 0.29) is 5.54 Å². The highest BCUT2D eigenvalue weighted by Crippen LogP contribution is 2.26. The number of hydrogen-bond donors (Lipinski definition) is 1. The fraction of sp³-hybridized carbons (Fsp3) is 0.625. The zero-order valence-electron chi connectivity index (χ0n) is 12.5. The Morgan fingerprint density at radius 3 is 2.65 bits per heavy atom. The summed E-state index contributed by atoms with van der Waals surface area (Å²) in [5.74, 6) is 0. The molecule has 1 aliphatic rings. The molecule has 0 spiro atoms. The van der Waals surface area contributed by atoms with Crippen molar-refractivity contribution in [1.82, 2.24) is 10.2 Å². The summed E-state index contributed by atoms with van der Waals surface area (Å²) in [5.41, 5.74) is 1.44. The van der Waals surface area contributed by atoms with Crippen LogP contribution in [-0.2, 0) is 6.54 Å². The van der Waals surface area contributed by atoms with Crippen molar-refractivity contribution in [3.05, 3.63) is 33.8 Å². The Balaban J connectivity index is 2.13. The molecule has 0 saturated carbocycles. The van der Waals surface area contributed by atoms with Gasteiger partial charge in [-0.15, -0.1) is 0 Å². The Morgan fingerprint density at radius 1 is 1.30 bits per heavy atom. The number of halogens is 2. The van der Waals surface area contributed by atoms with E-state index in [1.54, 1.807) is 0 Å². The van der Waals surface area contributed by atoms with Crippen molar-refractivity contribution in [2.45, 2.75) is 51.7 Å². The van der Waals surface area contributed by atoms with Gasteiger partial charge in [0.2, 0.25) is 0 Å². The van der Waals surface area contributed by atoms with E-state index in [9.17, 15) is 0 Å². The molecule has 0 bridgehead atoms. The molecule has 20 heavy (non-hydrogen) atoms. The van der Waals surface area contributed by atoms with Crippen LogP contribution in [0, 0.1) is 0 Å². The molecule has 4 heteroatoms. The van der Waals surface area contributed by atoms with Gasteiger partial charge < -0.3 is 5.32 Å². The van der Waals surface area contributed by atoms with Crippen LogP contribution in [0.25, 0.3) is 0 Å². The molecule has 0 radical (unpaired) electrons. The molecule has 0 aliphatic carbocycles. The van der Waals surface area contributed by atoms with Crippen molar-refractivity contribution >= 4 is 23.2 Å². The lowest BCUT2D eigenvalue weighted by Gasteiger charge is -2.46. The standard InChI is InChI=1S/C16H24Cl2N2/c1-4-13-9-19-16(3,5-2)11-20(13)10-12-6-7-14(17)15(18)8-12/h6-8,13,19H,4-5,9-11H2,1-3H3. The van der Waals surface area contributed by atoms with E-state index in [1.165, 1.54) is 5.56 Å². The first kappa shape index (κ1) is 16.1. The van der Waals surface area contributed by atoms with Crippen LogP contribution in [0.3, 0.4) is 0 Å². The van der Waals surface area contributed by atoms with E-state index < -0.39 is 0 Å². The maximum absolute atomic E-state index is 6.12. The first-order chi connectivity index (χ1) is 9.47. The molecule has 1 aromatic carbocycles. The number of nitrogens with zero attached hydrogens (tertiary/aromatic N) is 1. The molecule has 2 unspecified atom stereocenters. The quantitative estimate of drug-likeness (QED) is 0.889. The number of benzene rings is 1. The summed E-state index contributed by atoms with van der Waals surface area (Å²) in [6.45, 7) is 9.87. The fourth-order valence-electron chi connectivity index (χ4n) is 2.82. The van der Waals surface area contributed by atoms with Crippen LogP contribution in [0.5, 0.6) is 0 Å². The molecule has 1 heterocycles. The molecule has 1 aromatic rings. The summed E-state index contributed by atoms with van der Waals surface area (Å²) in [6, 6.07) is 6.54. The first-order valence-corrected chi connectivity index (χ1v) is 8.16. The topological polar surface area (TPSA) is 15.3 Å². The smallest absolute Gasteiger partial charge is 0.0595 e. The second-order valence-corrected chi connectivity index (χ2v) is 6.83. The highest BCUT2D eigenvalue weighted by atomic mass is 35.5. The molecule has 2 rings (SSSR count). The van der Waals surface area contributed by atoms with Gasteiger partial charge in [0.25, 0.3) is 0 Å². The van der Waals surface area contributed by atoms with Crippen molar-refractivity contribution < 1.29 is 0 Å². The van der Waals surface area contributed by atoms with Gasteiger partial charge >= 0.3 is 0 Å². The molecule has 112 valence electrons. The van der Waals surface area contributed by atoms with Gasteiger partial charge in [0, 0.05) is 31.2 Å². The average Bonchev–Trinajstić information content (AvgIpc) is 2.43. The van der Waals surface area contributed by atoms with Gasteiger partial charge in [-0.2, -0.15) is 0 Å². The molecule has 1 N–H and O–H groups in total. The third-order valence-corrected chi connectivity index (χ3v) is 5.19. The molecule has 2 atom stereocenters. The highest BCUT2D eigenvalue weighted by molar-refractivity contribution is 6.42. The lowest BCUT2D eigenvalue weighted by atomic mass is 9.92. The summed E-state index contributed by atoms with van der Waals surface area (Å²) >= 11 is 12.1. The van der Waals surface area contributed by atoms with Gasteiger partial charge in [0.15, 0.2) is 0 Å². The summed E-state index contributed by atoms with van der Waals surface area (Å²) in [4.78, 5) is 2.57. The minimum absolute atomic E-state index is 0.210. The molecular weight excluding hydrogens is 291 g/mol. The van der Waals surface area contributed by atoms with Crippen LogP contribution in [0.15, 0.2) is 18.2 Å². The van der Waals surface area contributed by atoms with Gasteiger partial charge in [-0.25, -0.2) is 0 Å². The Bertz CT molecular complexity index is 464. The summed E-state index contributed by atoms with van der Waals surface area (Å²) in [6.07, 6.45) is 2.30. The number of nitrogens with one attached hydrogen (secondary N) is 1. The fourth-order valence-corrected chi connectivity index (χ4v) is 3.14. The normalized spacial score (nSPS) is 27.8. The highest BCUT2D eigenvalue weighted by Gasteiger charge is 2.33. The van der Waals surface area contributed by atoms with Gasteiger partial charge in [-0.3, -0.25) is 4.90 Å². The monoisotopic (exact) mass is 314 g/mol. The molecule has 0 amide bonds. The maximum Gasteiger partial charge on any atom is 0.0595 e. The van der Waals surface area contributed by atoms with E-state index in [0.29, 0.717) is 16.1 Å². The second kappa shape index (κ2) is 6.65. The van der Waals surface area contributed by atoms with Crippen LogP contribution in [0.1, 0.15) is 39.2 Å². The van der Waals surface area contributed by atoms with Crippen molar-refractivity contribution in [2.75, 3.05) is 13.1 Å². The minimum atomic E-state index is 0.210. The predicted octanol–water partition coefficient (Wildman–Crippen LogP) is 4.35. The Labute approximate surface area is 132 Å². The third kappa shape index (κ3) is 3.67. The molecule has 1 fully saturated rings. The van der Waals surface area contributed by atoms with E-state index >= 15 is 0 Å². The third-order valence-electron chi connectivity index (χ3n) is 4.45. The Hall–Kier alpha value is -0.280. The summed E-state index contributed by atoms with van der Waals surface area (Å²) < 4.78 is 0. The molecule has 1 aliphatic heterocycles. The lowest BCUT2D eigenvalue weighted by Crippen LogP contribution is -2.62. The van der Waals surface area contributed by atoms with Gasteiger partial charge in [-0.05, 0) is 37.5 Å². The maximum atomic E-state index is 6.12. The van der Waals surface area contributed by atoms with Crippen molar-refractivity contribution in [3.63, 3.8) is 0 Å². The van der Waals surface area contributed by atoms with Gasteiger partial charge in [-0.1, -0.05) is 43.1 Å². The number of rotatable bonds is 4. The van der Waals surface area contributed by atoms with E-state index in [4.69, 9.17) is 23.2 Å². The van der Waals surface area contributed by atoms with E-state index in [2.05, 4.69) is 37.1 Å². The Morgan fingerprint density at radius 2 is 2.05 bits per heavy atom. The SMILES string of the molecule is CCC1CNC(C)(CC)CN1Cc1ccc(Cl)c(Cl)c1. The predicted molar refractivity (Wildman–Crippen MR) is 87.6 cm³/mol. The van der Waals surface area contributed by atoms with Crippen molar-refractivity contribution in [3.8, 4) is 0 Å². The minimum Gasteiger partial charge on any atom is -0.309 e. The zero-order chi connectivity index (χ0) is 14.8. The number of piperazine rings is 1.